The molecule has 0 bridgehead atoms. The number of carbonyl (C=O) groups is 1. The highest BCUT2D eigenvalue weighted by Gasteiger charge is 2.36. The third-order valence-corrected chi connectivity index (χ3v) is 3.08. The second-order valence-electron chi connectivity index (χ2n) is 4.60. The van der Waals surface area contributed by atoms with Crippen LogP contribution in [0.15, 0.2) is 16.1 Å². The van der Waals surface area contributed by atoms with E-state index in [2.05, 4.69) is 24.2 Å². The third kappa shape index (κ3) is 1.99. The number of carbonyl (C=O) groups excluding carboxylic acids is 1. The molecule has 0 aromatic rings. The van der Waals surface area contributed by atoms with Crippen LogP contribution < -0.4 is 5.32 Å². The lowest BCUT2D eigenvalue weighted by atomic mass is 9.79. The number of nitrogens with one attached hydrogen (secondary N) is 1. The summed E-state index contributed by atoms with van der Waals surface area (Å²) in [5.41, 5.74) is 2.92. The Morgan fingerprint density at radius 1 is 1.44 bits per heavy atom. The molecule has 0 unspecified atom stereocenters. The van der Waals surface area contributed by atoms with Gasteiger partial charge in [0.15, 0.2) is 0 Å². The van der Waals surface area contributed by atoms with Crippen molar-refractivity contribution in [3.05, 3.63) is 11.1 Å². The predicted octanol–water partition coefficient (Wildman–Crippen LogP) is 0.962. The van der Waals surface area contributed by atoms with Gasteiger partial charge in [-0.3, -0.25) is 4.99 Å². The van der Waals surface area contributed by atoms with Gasteiger partial charge in [0.25, 0.3) is 0 Å². The van der Waals surface area contributed by atoms with Crippen LogP contribution in [0.4, 0.5) is 0 Å². The Morgan fingerprint density at radius 3 is 2.75 bits per heavy atom. The maximum absolute atomic E-state index is 11.5. The average molecular weight is 245 g/mol. The van der Waals surface area contributed by atoms with Crippen molar-refractivity contribution in [2.24, 2.45) is 10.4 Å². The molecule has 90 valence electrons. The zero-order valence-electron chi connectivity index (χ0n) is 9.79. The van der Waals surface area contributed by atoms with E-state index in [1.807, 2.05) is 0 Å². The Morgan fingerprint density at radius 2 is 2.12 bits per heavy atom. The molecule has 0 radical (unpaired) electrons. The summed E-state index contributed by atoms with van der Waals surface area (Å²) < 4.78 is 4.73. The Labute approximate surface area is 102 Å². The highest BCUT2D eigenvalue weighted by Crippen LogP contribution is 2.35. The van der Waals surface area contributed by atoms with Crippen LogP contribution in [0.2, 0.25) is 0 Å². The van der Waals surface area contributed by atoms with Gasteiger partial charge in [-0.05, 0) is 11.1 Å². The lowest BCUT2D eigenvalue weighted by molar-refractivity contribution is -0.132. The summed E-state index contributed by atoms with van der Waals surface area (Å²) in [6.07, 6.45) is 0. The number of hydrogen-bond donors (Lipinski definition) is 1. The molecule has 0 spiro atoms. The number of hydrogen-bond acceptors (Lipinski definition) is 4. The van der Waals surface area contributed by atoms with Gasteiger partial charge in [0.1, 0.15) is 5.71 Å². The predicted molar refractivity (Wildman–Crippen MR) is 65.2 cm³/mol. The molecule has 0 aliphatic carbocycles. The van der Waals surface area contributed by atoms with Crippen LogP contribution in [-0.4, -0.2) is 38.4 Å². The number of methoxy groups -OCH3 is 1. The van der Waals surface area contributed by atoms with E-state index in [4.69, 9.17) is 4.74 Å². The van der Waals surface area contributed by atoms with E-state index < -0.39 is 0 Å². The van der Waals surface area contributed by atoms with Crippen molar-refractivity contribution in [2.75, 3.05) is 26.7 Å². The molecule has 2 rings (SSSR count). The molecule has 16 heavy (non-hydrogen) atoms. The molecule has 4 nitrogen and oxygen atoms in total. The zero-order valence-corrected chi connectivity index (χ0v) is 10.6. The van der Waals surface area contributed by atoms with E-state index in [0.29, 0.717) is 12.3 Å². The summed E-state index contributed by atoms with van der Waals surface area (Å²) in [6, 6.07) is 0. The first kappa shape index (κ1) is 13.2. The van der Waals surface area contributed by atoms with Crippen molar-refractivity contribution < 1.29 is 9.53 Å². The summed E-state index contributed by atoms with van der Waals surface area (Å²) in [6.45, 7) is 6.57. The molecule has 0 aromatic heterocycles. The fraction of sp³-hybridized carbons (Fsp3) is 0.636. The first-order valence-corrected chi connectivity index (χ1v) is 5.12. The quantitative estimate of drug-likeness (QED) is 0.699. The lowest BCUT2D eigenvalue weighted by Gasteiger charge is -2.29. The molecule has 0 atom stereocenters. The Balaban J connectivity index is 0.00000128. The monoisotopic (exact) mass is 244 g/mol. The van der Waals surface area contributed by atoms with Crippen LogP contribution in [0.25, 0.3) is 0 Å². The van der Waals surface area contributed by atoms with Crippen molar-refractivity contribution in [1.29, 1.82) is 0 Å². The molecule has 0 amide bonds. The van der Waals surface area contributed by atoms with Crippen LogP contribution in [0.1, 0.15) is 13.8 Å². The summed E-state index contributed by atoms with van der Waals surface area (Å²) >= 11 is 0. The van der Waals surface area contributed by atoms with Gasteiger partial charge in [0, 0.05) is 25.0 Å². The maximum atomic E-state index is 11.5. The number of halogens is 1. The Bertz CT molecular complexity index is 372. The van der Waals surface area contributed by atoms with Crippen LogP contribution in [-0.2, 0) is 9.53 Å². The summed E-state index contributed by atoms with van der Waals surface area (Å²) in [5.74, 6) is -0.318. The molecule has 2 heterocycles. The molecule has 0 fully saturated rings. The summed E-state index contributed by atoms with van der Waals surface area (Å²) in [7, 11) is 1.40. The minimum atomic E-state index is -0.318. The largest absolute Gasteiger partial charge is 0.464 e. The number of esters is 1. The molecule has 0 saturated heterocycles. The SMILES string of the molecule is COC(=O)C1=NCC(C)(C)C2=C1CNC2.Cl. The normalized spacial score (nSPS) is 22.1. The van der Waals surface area contributed by atoms with Gasteiger partial charge >= 0.3 is 5.97 Å². The molecule has 0 saturated carbocycles. The second kappa shape index (κ2) is 4.55. The smallest absolute Gasteiger partial charge is 0.356 e. The number of rotatable bonds is 1. The highest BCUT2D eigenvalue weighted by molar-refractivity contribution is 6.43. The van der Waals surface area contributed by atoms with Crippen molar-refractivity contribution in [1.82, 2.24) is 5.32 Å². The summed E-state index contributed by atoms with van der Waals surface area (Å²) in [4.78, 5) is 15.8. The van der Waals surface area contributed by atoms with Gasteiger partial charge in [0.2, 0.25) is 0 Å². The maximum Gasteiger partial charge on any atom is 0.356 e. The Hall–Kier alpha value is -0.870. The van der Waals surface area contributed by atoms with Gasteiger partial charge in [-0.25, -0.2) is 4.79 Å². The number of aliphatic imine (C=N–C) groups is 1. The van der Waals surface area contributed by atoms with Gasteiger partial charge in [-0.1, -0.05) is 13.8 Å². The first-order valence-electron chi connectivity index (χ1n) is 5.12. The van der Waals surface area contributed by atoms with Crippen molar-refractivity contribution in [3.8, 4) is 0 Å². The van der Waals surface area contributed by atoms with Crippen LogP contribution in [0.3, 0.4) is 0 Å². The Kier molecular flexibility index (Phi) is 3.76. The van der Waals surface area contributed by atoms with E-state index in [-0.39, 0.29) is 23.8 Å². The molecule has 1 N–H and O–H groups in total. The minimum absolute atomic E-state index is 0. The minimum Gasteiger partial charge on any atom is -0.464 e. The third-order valence-electron chi connectivity index (χ3n) is 3.08. The topological polar surface area (TPSA) is 50.7 Å². The van der Waals surface area contributed by atoms with Gasteiger partial charge in [0.05, 0.1) is 7.11 Å². The molecular weight excluding hydrogens is 228 g/mol. The standard InChI is InChI=1S/C11H16N2O2.ClH/c1-11(2)6-13-9(10(14)15-3)7-4-12-5-8(7)11;/h12H,4-6H2,1-3H3;1H. The fourth-order valence-electron chi connectivity index (χ4n) is 2.15. The average Bonchev–Trinajstić information content (AvgIpc) is 2.67. The van der Waals surface area contributed by atoms with Crippen molar-refractivity contribution in [3.63, 3.8) is 0 Å². The van der Waals surface area contributed by atoms with Crippen LogP contribution in [0.5, 0.6) is 0 Å². The fourth-order valence-corrected chi connectivity index (χ4v) is 2.15. The number of ether oxygens (including phenoxy) is 1. The van der Waals surface area contributed by atoms with E-state index in [1.54, 1.807) is 0 Å². The first-order chi connectivity index (χ1) is 7.06. The lowest BCUT2D eigenvalue weighted by Crippen LogP contribution is -2.31. The van der Waals surface area contributed by atoms with E-state index in [1.165, 1.54) is 12.7 Å². The van der Waals surface area contributed by atoms with E-state index in [9.17, 15) is 4.79 Å². The molecule has 5 heteroatoms. The van der Waals surface area contributed by atoms with Gasteiger partial charge in [-0.15, -0.1) is 12.4 Å². The van der Waals surface area contributed by atoms with E-state index >= 15 is 0 Å². The highest BCUT2D eigenvalue weighted by atomic mass is 35.5. The molecule has 2 aliphatic heterocycles. The van der Waals surface area contributed by atoms with Gasteiger partial charge in [-0.2, -0.15) is 0 Å². The second-order valence-corrected chi connectivity index (χ2v) is 4.60. The van der Waals surface area contributed by atoms with Crippen molar-refractivity contribution in [2.45, 2.75) is 13.8 Å². The molecular formula is C11H17ClN2O2. The number of nitrogens with zero attached hydrogens (tertiary/aromatic N) is 1. The van der Waals surface area contributed by atoms with Crippen LogP contribution >= 0.6 is 12.4 Å². The zero-order chi connectivity index (χ0) is 11.1. The van der Waals surface area contributed by atoms with E-state index in [0.717, 1.165) is 18.7 Å². The van der Waals surface area contributed by atoms with Gasteiger partial charge < -0.3 is 10.1 Å². The van der Waals surface area contributed by atoms with Crippen LogP contribution in [0, 0.1) is 5.41 Å². The summed E-state index contributed by atoms with van der Waals surface area (Å²) in [5, 5.41) is 3.27. The van der Waals surface area contributed by atoms with Crippen molar-refractivity contribution >= 4 is 24.1 Å². The molecule has 0 aromatic carbocycles. The number of dihydropyridines is 1. The molecule has 2 aliphatic rings.